The zero-order valence-electron chi connectivity index (χ0n) is 7.77. The molecule has 3 nitrogen and oxygen atoms in total. The number of aryl methyl sites for hydroxylation is 1. The van der Waals surface area contributed by atoms with Crippen LogP contribution in [0.25, 0.3) is 0 Å². The van der Waals surface area contributed by atoms with Crippen molar-refractivity contribution >= 4 is 0 Å². The molecule has 0 saturated carbocycles. The van der Waals surface area contributed by atoms with Crippen LogP contribution in [0.2, 0.25) is 0 Å². The van der Waals surface area contributed by atoms with Gasteiger partial charge in [-0.2, -0.15) is 0 Å². The van der Waals surface area contributed by atoms with Gasteiger partial charge in [-0.25, -0.2) is 0 Å². The predicted octanol–water partition coefficient (Wildman–Crippen LogP) is 0.254. The van der Waals surface area contributed by atoms with Crippen LogP contribution in [0.3, 0.4) is 0 Å². The van der Waals surface area contributed by atoms with Gasteiger partial charge in [-0.3, -0.25) is 4.79 Å². The van der Waals surface area contributed by atoms with Crippen molar-refractivity contribution in [1.82, 2.24) is 10.3 Å². The van der Waals surface area contributed by atoms with Gasteiger partial charge >= 0.3 is 0 Å². The van der Waals surface area contributed by atoms with E-state index in [2.05, 4.69) is 22.1 Å². The highest BCUT2D eigenvalue weighted by molar-refractivity contribution is 5.38. The van der Waals surface area contributed by atoms with E-state index < -0.39 is 0 Å². The molecule has 1 aromatic heterocycles. The maximum absolute atomic E-state index is 10.9. The van der Waals surface area contributed by atoms with Crippen LogP contribution in [-0.4, -0.2) is 18.6 Å². The highest BCUT2D eigenvalue weighted by Crippen LogP contribution is 1.98. The van der Waals surface area contributed by atoms with Crippen LogP contribution in [-0.2, 0) is 0 Å². The van der Waals surface area contributed by atoms with Crippen LogP contribution in [0.1, 0.15) is 11.1 Å². The third-order valence-corrected chi connectivity index (χ3v) is 1.62. The molecule has 1 rings (SSSR count). The van der Waals surface area contributed by atoms with E-state index in [1.807, 2.05) is 14.0 Å². The number of hydrogen-bond donors (Lipinski definition) is 2. The van der Waals surface area contributed by atoms with Gasteiger partial charge in [-0.15, -0.1) is 0 Å². The average molecular weight is 176 g/mol. The lowest BCUT2D eigenvalue weighted by Gasteiger charge is -1.94. The number of nitrogens with one attached hydrogen (secondary N) is 2. The Kier molecular flexibility index (Phi) is 3.30. The fraction of sp³-hybridized carbons (Fsp3) is 0.300. The van der Waals surface area contributed by atoms with Crippen molar-refractivity contribution in [2.45, 2.75) is 6.92 Å². The van der Waals surface area contributed by atoms with Crippen molar-refractivity contribution < 1.29 is 0 Å². The topological polar surface area (TPSA) is 44.9 Å². The Balaban J connectivity index is 2.92. The molecule has 0 atom stereocenters. The number of hydrogen-bond acceptors (Lipinski definition) is 2. The summed E-state index contributed by atoms with van der Waals surface area (Å²) in [6.07, 6.45) is 1.64. The number of H-pyrrole nitrogens is 1. The van der Waals surface area contributed by atoms with Crippen molar-refractivity contribution in [3.8, 4) is 11.8 Å². The first-order chi connectivity index (χ1) is 6.24. The van der Waals surface area contributed by atoms with Crippen LogP contribution >= 0.6 is 0 Å². The highest BCUT2D eigenvalue weighted by atomic mass is 16.1. The molecule has 0 spiro atoms. The van der Waals surface area contributed by atoms with Crippen LogP contribution < -0.4 is 10.9 Å². The molecule has 13 heavy (non-hydrogen) atoms. The Morgan fingerprint density at radius 3 is 3.00 bits per heavy atom. The van der Waals surface area contributed by atoms with Gasteiger partial charge in [0.05, 0.1) is 6.54 Å². The zero-order chi connectivity index (χ0) is 9.68. The molecule has 0 bridgehead atoms. The lowest BCUT2D eigenvalue weighted by Crippen LogP contribution is -2.06. The Labute approximate surface area is 77.2 Å². The van der Waals surface area contributed by atoms with E-state index in [1.54, 1.807) is 12.3 Å². The lowest BCUT2D eigenvalue weighted by molar-refractivity contribution is 0.938. The predicted molar refractivity (Wildman–Crippen MR) is 52.6 cm³/mol. The fourth-order valence-corrected chi connectivity index (χ4v) is 0.936. The fourth-order valence-electron chi connectivity index (χ4n) is 0.936. The summed E-state index contributed by atoms with van der Waals surface area (Å²) >= 11 is 0. The number of aromatic amines is 1. The number of rotatable bonds is 1. The standard InChI is InChI=1S/C10H12N2O/c1-8-6-10(13)12-7-9(8)4-3-5-11-2/h6-7,11H,5H2,1-2H3,(H,12,13). The van der Waals surface area contributed by atoms with E-state index in [0.29, 0.717) is 6.54 Å². The molecule has 0 saturated heterocycles. The first-order valence-corrected chi connectivity index (χ1v) is 4.07. The summed E-state index contributed by atoms with van der Waals surface area (Å²) in [5.41, 5.74) is 1.69. The Morgan fingerprint density at radius 2 is 2.38 bits per heavy atom. The SMILES string of the molecule is CNCC#Cc1c[nH]c(=O)cc1C. The molecule has 1 aromatic rings. The van der Waals surface area contributed by atoms with E-state index in [-0.39, 0.29) is 5.56 Å². The normalized spacial score (nSPS) is 9.08. The molecule has 0 unspecified atom stereocenters. The molecule has 2 N–H and O–H groups in total. The minimum atomic E-state index is -0.0864. The van der Waals surface area contributed by atoms with E-state index >= 15 is 0 Å². The van der Waals surface area contributed by atoms with Gasteiger partial charge in [-0.1, -0.05) is 11.8 Å². The Bertz CT molecular complexity index is 395. The van der Waals surface area contributed by atoms with Gasteiger partial charge in [0.2, 0.25) is 5.56 Å². The Hall–Kier alpha value is -1.53. The third kappa shape index (κ3) is 2.77. The smallest absolute Gasteiger partial charge is 0.248 e. The van der Waals surface area contributed by atoms with Crippen molar-refractivity contribution in [3.05, 3.63) is 33.7 Å². The molecule has 68 valence electrons. The monoisotopic (exact) mass is 176 g/mol. The van der Waals surface area contributed by atoms with Crippen molar-refractivity contribution in [2.75, 3.05) is 13.6 Å². The van der Waals surface area contributed by atoms with Crippen molar-refractivity contribution in [1.29, 1.82) is 0 Å². The molecule has 0 aromatic carbocycles. The lowest BCUT2D eigenvalue weighted by atomic mass is 10.2. The molecule has 0 fully saturated rings. The second kappa shape index (κ2) is 4.48. The second-order valence-electron chi connectivity index (χ2n) is 2.73. The molecule has 0 aliphatic heterocycles. The number of aromatic nitrogens is 1. The minimum absolute atomic E-state index is 0.0864. The molecule has 3 heteroatoms. The van der Waals surface area contributed by atoms with E-state index in [9.17, 15) is 4.79 Å². The third-order valence-electron chi connectivity index (χ3n) is 1.62. The summed E-state index contributed by atoms with van der Waals surface area (Å²) in [6.45, 7) is 2.52. The van der Waals surface area contributed by atoms with Crippen LogP contribution in [0.5, 0.6) is 0 Å². The van der Waals surface area contributed by atoms with Crippen LogP contribution in [0, 0.1) is 18.8 Å². The molecule has 0 aliphatic rings. The minimum Gasteiger partial charge on any atom is -0.328 e. The van der Waals surface area contributed by atoms with Gasteiger partial charge in [-0.05, 0) is 19.5 Å². The van der Waals surface area contributed by atoms with Crippen molar-refractivity contribution in [2.24, 2.45) is 0 Å². The van der Waals surface area contributed by atoms with Crippen LogP contribution in [0.15, 0.2) is 17.1 Å². The van der Waals surface area contributed by atoms with Gasteiger partial charge < -0.3 is 10.3 Å². The summed E-state index contributed by atoms with van der Waals surface area (Å²) in [4.78, 5) is 13.4. The van der Waals surface area contributed by atoms with E-state index in [1.165, 1.54) is 0 Å². The average Bonchev–Trinajstić information content (AvgIpc) is 2.09. The summed E-state index contributed by atoms with van der Waals surface area (Å²) in [7, 11) is 1.84. The maximum Gasteiger partial charge on any atom is 0.248 e. The van der Waals surface area contributed by atoms with Gasteiger partial charge in [0.15, 0.2) is 0 Å². The molecule has 0 aliphatic carbocycles. The second-order valence-corrected chi connectivity index (χ2v) is 2.73. The molecular weight excluding hydrogens is 164 g/mol. The largest absolute Gasteiger partial charge is 0.328 e. The quantitative estimate of drug-likeness (QED) is 0.603. The molecule has 0 radical (unpaired) electrons. The van der Waals surface area contributed by atoms with E-state index in [4.69, 9.17) is 0 Å². The maximum atomic E-state index is 10.9. The van der Waals surface area contributed by atoms with Gasteiger partial charge in [0.25, 0.3) is 0 Å². The van der Waals surface area contributed by atoms with Gasteiger partial charge in [0.1, 0.15) is 0 Å². The first kappa shape index (κ1) is 9.56. The zero-order valence-corrected chi connectivity index (χ0v) is 7.77. The summed E-state index contributed by atoms with van der Waals surface area (Å²) < 4.78 is 0. The Morgan fingerprint density at radius 1 is 1.62 bits per heavy atom. The van der Waals surface area contributed by atoms with Gasteiger partial charge in [0, 0.05) is 17.8 Å². The summed E-state index contributed by atoms with van der Waals surface area (Å²) in [6, 6.07) is 1.55. The molecule has 1 heterocycles. The number of pyridine rings is 1. The van der Waals surface area contributed by atoms with Crippen molar-refractivity contribution in [3.63, 3.8) is 0 Å². The van der Waals surface area contributed by atoms with E-state index in [0.717, 1.165) is 11.1 Å². The highest BCUT2D eigenvalue weighted by Gasteiger charge is 1.93. The summed E-state index contributed by atoms with van der Waals surface area (Å²) in [5.74, 6) is 5.89. The van der Waals surface area contributed by atoms with Crippen LogP contribution in [0.4, 0.5) is 0 Å². The molecule has 0 amide bonds. The summed E-state index contributed by atoms with van der Waals surface area (Å²) in [5, 5.41) is 2.92. The molecular formula is C10H12N2O. The first-order valence-electron chi connectivity index (χ1n) is 4.07.